The zero-order valence-electron chi connectivity index (χ0n) is 7.50. The first kappa shape index (κ1) is 8.71. The fourth-order valence-electron chi connectivity index (χ4n) is 1.52. The molecule has 2 rings (SSSR count). The quantitative estimate of drug-likeness (QED) is 0.669. The Hall–Kier alpha value is -1.88. The van der Waals surface area contributed by atoms with Gasteiger partial charge in [-0.25, -0.2) is 4.39 Å². The van der Waals surface area contributed by atoms with Crippen molar-refractivity contribution in [2.75, 3.05) is 0 Å². The molecule has 0 saturated heterocycles. The normalized spacial score (nSPS) is 10.0. The van der Waals surface area contributed by atoms with Gasteiger partial charge >= 0.3 is 0 Å². The number of nitrogens with zero attached hydrogens (tertiary/aromatic N) is 1. The lowest BCUT2D eigenvalue weighted by atomic mass is 10.1. The number of benzene rings is 2. The van der Waals surface area contributed by atoms with Gasteiger partial charge in [0.1, 0.15) is 5.82 Å². The molecule has 0 spiro atoms. The van der Waals surface area contributed by atoms with E-state index in [0.717, 1.165) is 10.9 Å². The number of fused-ring (bicyclic) bond motifs is 1. The van der Waals surface area contributed by atoms with Crippen LogP contribution >= 0.6 is 0 Å². The largest absolute Gasteiger partial charge is 0.206 e. The van der Waals surface area contributed by atoms with Gasteiger partial charge in [0.05, 0.1) is 12.5 Å². The molecule has 14 heavy (non-hydrogen) atoms. The fraction of sp³-hybridized carbons (Fsp3) is 0.0833. The zero-order valence-corrected chi connectivity index (χ0v) is 7.50. The molecule has 1 nitrogen and oxygen atoms in total. The highest BCUT2D eigenvalue weighted by molar-refractivity contribution is 5.83. The summed E-state index contributed by atoms with van der Waals surface area (Å²) in [5.41, 5.74) is 0.726. The van der Waals surface area contributed by atoms with Crippen molar-refractivity contribution >= 4 is 10.8 Å². The van der Waals surface area contributed by atoms with Crippen LogP contribution in [-0.2, 0) is 6.42 Å². The monoisotopic (exact) mass is 185 g/mol. The maximum absolute atomic E-state index is 13.5. The summed E-state index contributed by atoms with van der Waals surface area (Å²) in [6.45, 7) is 0. The topological polar surface area (TPSA) is 23.8 Å². The van der Waals surface area contributed by atoms with Gasteiger partial charge in [0, 0.05) is 5.39 Å². The molecule has 68 valence electrons. The predicted octanol–water partition coefficient (Wildman–Crippen LogP) is 3.04. The summed E-state index contributed by atoms with van der Waals surface area (Å²) in [5, 5.41) is 9.96. The summed E-state index contributed by atoms with van der Waals surface area (Å²) in [6.07, 6.45) is 0.252. The predicted molar refractivity (Wildman–Crippen MR) is 53.2 cm³/mol. The van der Waals surface area contributed by atoms with E-state index < -0.39 is 0 Å². The Labute approximate surface area is 81.4 Å². The van der Waals surface area contributed by atoms with Gasteiger partial charge in [-0.3, -0.25) is 0 Å². The van der Waals surface area contributed by atoms with E-state index in [1.165, 1.54) is 6.07 Å². The van der Waals surface area contributed by atoms with Gasteiger partial charge in [0.25, 0.3) is 0 Å². The van der Waals surface area contributed by atoms with E-state index in [2.05, 4.69) is 0 Å². The third-order valence-corrected chi connectivity index (χ3v) is 2.15. The van der Waals surface area contributed by atoms with E-state index in [4.69, 9.17) is 5.26 Å². The second kappa shape index (κ2) is 3.47. The molecule has 2 aromatic rings. The second-order valence-electron chi connectivity index (χ2n) is 3.13. The molecule has 0 aliphatic heterocycles. The molecule has 0 atom stereocenters. The Kier molecular flexibility index (Phi) is 2.16. The van der Waals surface area contributed by atoms with Crippen molar-refractivity contribution < 1.29 is 4.39 Å². The third kappa shape index (κ3) is 1.45. The molecule has 2 heteroatoms. The number of rotatable bonds is 1. The van der Waals surface area contributed by atoms with Gasteiger partial charge < -0.3 is 0 Å². The molecule has 0 aliphatic carbocycles. The summed E-state index contributed by atoms with van der Waals surface area (Å²) >= 11 is 0. The van der Waals surface area contributed by atoms with Crippen molar-refractivity contribution in [3.63, 3.8) is 0 Å². The third-order valence-electron chi connectivity index (χ3n) is 2.15. The van der Waals surface area contributed by atoms with E-state index in [1.807, 2.05) is 24.3 Å². The summed E-state index contributed by atoms with van der Waals surface area (Å²) in [4.78, 5) is 0. The number of hydrogen-bond acceptors (Lipinski definition) is 1. The van der Waals surface area contributed by atoms with Crippen LogP contribution in [0.3, 0.4) is 0 Å². The highest BCUT2D eigenvalue weighted by Crippen LogP contribution is 2.19. The van der Waals surface area contributed by atoms with Gasteiger partial charge in [-0.15, -0.1) is 0 Å². The van der Waals surface area contributed by atoms with E-state index in [1.54, 1.807) is 12.1 Å². The van der Waals surface area contributed by atoms with Crippen LogP contribution in [0, 0.1) is 17.1 Å². The molecule has 0 N–H and O–H groups in total. The summed E-state index contributed by atoms with van der Waals surface area (Å²) in [5.74, 6) is -0.256. The Bertz CT molecular complexity index is 511. The second-order valence-corrected chi connectivity index (χ2v) is 3.13. The first-order valence-corrected chi connectivity index (χ1v) is 4.35. The maximum atomic E-state index is 13.5. The minimum Gasteiger partial charge on any atom is -0.206 e. The number of hydrogen-bond donors (Lipinski definition) is 0. The van der Waals surface area contributed by atoms with E-state index in [-0.39, 0.29) is 12.2 Å². The lowest BCUT2D eigenvalue weighted by Crippen LogP contribution is -1.86. The number of nitriles is 1. The van der Waals surface area contributed by atoms with Crippen LogP contribution in [0.15, 0.2) is 36.4 Å². The van der Waals surface area contributed by atoms with E-state index in [0.29, 0.717) is 5.39 Å². The molecule has 0 fully saturated rings. The molecule has 0 bridgehead atoms. The molecule has 2 aromatic carbocycles. The number of halogens is 1. The van der Waals surface area contributed by atoms with Crippen LogP contribution in [0.4, 0.5) is 4.39 Å². The molecule has 0 radical (unpaired) electrons. The van der Waals surface area contributed by atoms with Crippen molar-refractivity contribution in [3.05, 3.63) is 47.8 Å². The summed E-state index contributed by atoms with van der Waals surface area (Å²) in [6, 6.07) is 12.5. The van der Waals surface area contributed by atoms with Crippen LogP contribution in [0.1, 0.15) is 5.56 Å². The van der Waals surface area contributed by atoms with Crippen molar-refractivity contribution in [3.8, 4) is 6.07 Å². The first-order valence-electron chi connectivity index (χ1n) is 4.35. The summed E-state index contributed by atoms with van der Waals surface area (Å²) < 4.78 is 13.5. The van der Waals surface area contributed by atoms with Crippen LogP contribution in [0.25, 0.3) is 10.8 Å². The van der Waals surface area contributed by atoms with Gasteiger partial charge in [-0.2, -0.15) is 5.26 Å². The van der Waals surface area contributed by atoms with Gasteiger partial charge in [0.15, 0.2) is 0 Å². The highest BCUT2D eigenvalue weighted by Gasteiger charge is 2.02. The van der Waals surface area contributed by atoms with Crippen molar-refractivity contribution in [2.45, 2.75) is 6.42 Å². The maximum Gasteiger partial charge on any atom is 0.131 e. The average Bonchev–Trinajstić information content (AvgIpc) is 2.18. The minimum atomic E-state index is -0.256. The molecule has 0 aliphatic rings. The molecular weight excluding hydrogens is 177 g/mol. The smallest absolute Gasteiger partial charge is 0.131 e. The highest BCUT2D eigenvalue weighted by atomic mass is 19.1. The lowest BCUT2D eigenvalue weighted by Gasteiger charge is -2.01. The Morgan fingerprint density at radius 3 is 2.79 bits per heavy atom. The van der Waals surface area contributed by atoms with Crippen LogP contribution in [0.2, 0.25) is 0 Å². The van der Waals surface area contributed by atoms with Gasteiger partial charge in [0.2, 0.25) is 0 Å². The van der Waals surface area contributed by atoms with E-state index >= 15 is 0 Å². The zero-order chi connectivity index (χ0) is 9.97. The molecule has 0 amide bonds. The van der Waals surface area contributed by atoms with Crippen LogP contribution in [0.5, 0.6) is 0 Å². The van der Waals surface area contributed by atoms with Crippen LogP contribution < -0.4 is 0 Å². The standard InChI is InChI=1S/C12H8FN/c13-12-8-9(5-6-14)7-10-3-1-2-4-11(10)12/h1-4,7-8H,5H2. The van der Waals surface area contributed by atoms with Crippen molar-refractivity contribution in [2.24, 2.45) is 0 Å². The fourth-order valence-corrected chi connectivity index (χ4v) is 1.52. The summed E-state index contributed by atoms with van der Waals surface area (Å²) in [7, 11) is 0. The molecule has 0 heterocycles. The molecule has 0 unspecified atom stereocenters. The molecule has 0 saturated carbocycles. The lowest BCUT2D eigenvalue weighted by molar-refractivity contribution is 0.638. The minimum absolute atomic E-state index is 0.252. The molecular formula is C12H8FN. The SMILES string of the molecule is N#CCc1cc(F)c2ccccc2c1. The van der Waals surface area contributed by atoms with Gasteiger partial charge in [-0.1, -0.05) is 24.3 Å². The Morgan fingerprint density at radius 2 is 2.00 bits per heavy atom. The molecule has 0 aromatic heterocycles. The average molecular weight is 185 g/mol. The van der Waals surface area contributed by atoms with Crippen molar-refractivity contribution in [1.82, 2.24) is 0 Å². The van der Waals surface area contributed by atoms with E-state index in [9.17, 15) is 4.39 Å². The Morgan fingerprint density at radius 1 is 1.21 bits per heavy atom. The van der Waals surface area contributed by atoms with Gasteiger partial charge in [-0.05, 0) is 23.1 Å². The van der Waals surface area contributed by atoms with Crippen LogP contribution in [-0.4, -0.2) is 0 Å². The Balaban J connectivity index is 2.67. The first-order chi connectivity index (χ1) is 6.81. The van der Waals surface area contributed by atoms with Crippen molar-refractivity contribution in [1.29, 1.82) is 5.26 Å².